The lowest BCUT2D eigenvalue weighted by atomic mass is 9.92. The van der Waals surface area contributed by atoms with Crippen LogP contribution in [0.15, 0.2) is 23.8 Å². The lowest BCUT2D eigenvalue weighted by Crippen LogP contribution is -2.31. The molecular weight excluding hydrogens is 629 g/mol. The Morgan fingerprint density at radius 1 is 0.700 bits per heavy atom. The second kappa shape index (κ2) is 16.6. The number of rotatable bonds is 12. The van der Waals surface area contributed by atoms with E-state index in [0.29, 0.717) is 18.3 Å². The topological polar surface area (TPSA) is 57.2 Å². The lowest BCUT2D eigenvalue weighted by Gasteiger charge is -2.23. The molecule has 2 heterocycles. The Morgan fingerprint density at radius 2 is 1.05 bits per heavy atom. The maximum Gasteiger partial charge on any atom is 0.163 e. The van der Waals surface area contributed by atoms with E-state index in [1.165, 1.54) is 0 Å². The first kappa shape index (κ1) is 37.9. The van der Waals surface area contributed by atoms with Crippen LogP contribution in [0.3, 0.4) is 0 Å². The summed E-state index contributed by atoms with van der Waals surface area (Å²) in [7, 11) is 0. The molecule has 2 rings (SSSR count). The average Bonchev–Trinajstić information content (AvgIpc) is 3.32. The number of hydrogen-bond acceptors (Lipinski definition) is 5. The molecule has 0 amide bonds. The molecule has 0 aromatic heterocycles. The molecule has 0 spiro atoms. The van der Waals surface area contributed by atoms with Crippen LogP contribution in [0.25, 0.3) is 0 Å². The fraction of sp³-hybridized carbons (Fsp3) is 0.875. The molecule has 2 saturated heterocycles. The predicted molar refractivity (Wildman–Crippen MR) is 168 cm³/mol. The minimum atomic E-state index is -0.720. The molecule has 0 radical (unpaired) electrons. The molecule has 8 heteroatoms. The summed E-state index contributed by atoms with van der Waals surface area (Å²) in [4.78, 5) is 0. The Bertz CT molecular complexity index is 747. The summed E-state index contributed by atoms with van der Waals surface area (Å²) >= 11 is 2.32. The first-order chi connectivity index (χ1) is 18.4. The van der Waals surface area contributed by atoms with Crippen molar-refractivity contribution in [2.45, 2.75) is 132 Å². The summed E-state index contributed by atoms with van der Waals surface area (Å²) in [5.41, 5.74) is 0. The Balaban J connectivity index is 0.000000400. The fourth-order valence-corrected chi connectivity index (χ4v) is 5.37. The summed E-state index contributed by atoms with van der Waals surface area (Å²) in [6.45, 7) is 23.6. The maximum atomic E-state index is 14.4. The highest BCUT2D eigenvalue weighted by atomic mass is 127. The van der Waals surface area contributed by atoms with E-state index in [1.807, 2.05) is 48.5 Å². The van der Waals surface area contributed by atoms with Gasteiger partial charge < -0.3 is 24.1 Å². The SMILES string of the molecule is CC(C)[C@H](C)/C=C(/F)C(C)[C@H]1OC(C)(C)O[C@H]1CCI.CC(C)[C@H](C)/C=C(/F)C(C)[C@H]1OC(C)(C)O[C@H]1CCO. The highest BCUT2D eigenvalue weighted by molar-refractivity contribution is 14.1. The van der Waals surface area contributed by atoms with E-state index < -0.39 is 11.6 Å². The van der Waals surface area contributed by atoms with Gasteiger partial charge in [0.1, 0.15) is 11.7 Å². The molecule has 0 aliphatic carbocycles. The van der Waals surface area contributed by atoms with Crippen LogP contribution in [0.5, 0.6) is 0 Å². The van der Waals surface area contributed by atoms with Crippen molar-refractivity contribution in [3.8, 4) is 0 Å². The molecule has 0 aromatic carbocycles. The third kappa shape index (κ3) is 11.9. The standard InChI is InChI=1S/C16H28FIO2.C16H29FO3/c2*1-10(2)11(3)9-13(17)12(4)15-14(7-8-18)19-16(5,6)20-15/h9-12,14-15H,7-8H2,1-6H3;9-12,14-15,18H,7-8H2,1-6H3/b2*13-9+/t2*11-,12?,14+,15-/m11/s1. The Morgan fingerprint density at radius 3 is 1.35 bits per heavy atom. The van der Waals surface area contributed by atoms with Gasteiger partial charge in [-0.3, -0.25) is 0 Å². The summed E-state index contributed by atoms with van der Waals surface area (Å²) in [5.74, 6) is -0.924. The van der Waals surface area contributed by atoms with Crippen molar-refractivity contribution < 1.29 is 32.8 Å². The van der Waals surface area contributed by atoms with Gasteiger partial charge in [-0.25, -0.2) is 8.78 Å². The van der Waals surface area contributed by atoms with E-state index in [0.717, 1.165) is 10.8 Å². The zero-order chi connectivity index (χ0) is 31.0. The van der Waals surface area contributed by atoms with E-state index >= 15 is 0 Å². The molecule has 8 atom stereocenters. The number of alkyl halides is 1. The molecule has 5 nitrogen and oxygen atoms in total. The number of ether oxygens (including phenoxy) is 4. The second-order valence-electron chi connectivity index (χ2n) is 13.2. The summed E-state index contributed by atoms with van der Waals surface area (Å²) in [6.07, 6.45) is 3.94. The second-order valence-corrected chi connectivity index (χ2v) is 14.2. The van der Waals surface area contributed by atoms with Crippen LogP contribution in [0, 0.1) is 35.5 Å². The van der Waals surface area contributed by atoms with Crippen molar-refractivity contribution in [1.82, 2.24) is 0 Å². The summed E-state index contributed by atoms with van der Waals surface area (Å²) < 4.78 is 53.2. The molecule has 40 heavy (non-hydrogen) atoms. The van der Waals surface area contributed by atoms with Crippen molar-refractivity contribution in [1.29, 1.82) is 0 Å². The van der Waals surface area contributed by atoms with E-state index in [1.54, 1.807) is 12.2 Å². The average molecular weight is 687 g/mol. The predicted octanol–water partition coefficient (Wildman–Crippen LogP) is 8.78. The van der Waals surface area contributed by atoms with Gasteiger partial charge in [-0.05, 0) is 76.4 Å². The van der Waals surface area contributed by atoms with Gasteiger partial charge >= 0.3 is 0 Å². The van der Waals surface area contributed by atoms with Gasteiger partial charge in [0.05, 0.1) is 24.4 Å². The van der Waals surface area contributed by atoms with Crippen LogP contribution in [0.1, 0.15) is 95.9 Å². The first-order valence-corrected chi connectivity index (χ1v) is 16.5. The number of hydrogen-bond donors (Lipinski definition) is 1. The summed E-state index contributed by atoms with van der Waals surface area (Å²) in [6, 6.07) is 0. The van der Waals surface area contributed by atoms with Crippen LogP contribution < -0.4 is 0 Å². The van der Waals surface area contributed by atoms with Crippen molar-refractivity contribution >= 4 is 22.6 Å². The normalized spacial score (nSPS) is 29.8. The molecule has 236 valence electrons. The summed E-state index contributed by atoms with van der Waals surface area (Å²) in [5, 5.41) is 9.11. The first-order valence-electron chi connectivity index (χ1n) is 15.0. The fourth-order valence-electron chi connectivity index (χ4n) is 4.76. The monoisotopic (exact) mass is 686 g/mol. The lowest BCUT2D eigenvalue weighted by molar-refractivity contribution is -0.150. The van der Waals surface area contributed by atoms with Gasteiger partial charge in [-0.2, -0.15) is 0 Å². The van der Waals surface area contributed by atoms with Gasteiger partial charge in [0, 0.05) is 22.9 Å². The molecule has 2 fully saturated rings. The number of halogens is 3. The van der Waals surface area contributed by atoms with Crippen LogP contribution in [0.2, 0.25) is 0 Å². The van der Waals surface area contributed by atoms with E-state index in [4.69, 9.17) is 24.1 Å². The quantitative estimate of drug-likeness (QED) is 0.164. The Kier molecular flexibility index (Phi) is 15.8. The Labute approximate surface area is 257 Å². The molecule has 2 aliphatic rings. The van der Waals surface area contributed by atoms with Gasteiger partial charge in [0.25, 0.3) is 0 Å². The Hall–Kier alpha value is -0.130. The zero-order valence-corrected chi connectivity index (χ0v) is 29.1. The van der Waals surface area contributed by atoms with Gasteiger partial charge in [-0.1, -0.05) is 78.0 Å². The van der Waals surface area contributed by atoms with Gasteiger partial charge in [0.2, 0.25) is 0 Å². The van der Waals surface area contributed by atoms with Gasteiger partial charge in [-0.15, -0.1) is 0 Å². The molecule has 2 unspecified atom stereocenters. The number of aliphatic hydroxyl groups excluding tert-OH is 1. The number of aliphatic hydroxyl groups is 1. The zero-order valence-electron chi connectivity index (χ0n) is 27.0. The van der Waals surface area contributed by atoms with Crippen LogP contribution in [0.4, 0.5) is 8.78 Å². The highest BCUT2D eigenvalue weighted by Crippen LogP contribution is 2.38. The van der Waals surface area contributed by atoms with Crippen molar-refractivity contribution in [2.75, 3.05) is 11.0 Å². The van der Waals surface area contributed by atoms with E-state index in [9.17, 15) is 8.78 Å². The maximum absolute atomic E-state index is 14.4. The van der Waals surface area contributed by atoms with Crippen LogP contribution >= 0.6 is 22.6 Å². The minimum absolute atomic E-state index is 0.0149. The third-order valence-electron chi connectivity index (χ3n) is 8.05. The van der Waals surface area contributed by atoms with E-state index in [2.05, 4.69) is 57.2 Å². The van der Waals surface area contributed by atoms with Crippen molar-refractivity contribution in [3.63, 3.8) is 0 Å². The van der Waals surface area contributed by atoms with Gasteiger partial charge in [0.15, 0.2) is 11.6 Å². The van der Waals surface area contributed by atoms with Crippen molar-refractivity contribution in [3.05, 3.63) is 23.8 Å². The third-order valence-corrected chi connectivity index (χ3v) is 8.68. The smallest absolute Gasteiger partial charge is 0.163 e. The van der Waals surface area contributed by atoms with Crippen LogP contribution in [-0.4, -0.2) is 52.1 Å². The molecule has 0 bridgehead atoms. The molecular formula is C32H57F2IO5. The molecule has 1 N–H and O–H groups in total. The minimum Gasteiger partial charge on any atom is -0.396 e. The molecule has 0 saturated carbocycles. The molecule has 0 aromatic rings. The number of allylic oxidation sites excluding steroid dienone is 2. The largest absolute Gasteiger partial charge is 0.396 e. The van der Waals surface area contributed by atoms with Crippen molar-refractivity contribution in [2.24, 2.45) is 35.5 Å². The van der Waals surface area contributed by atoms with Crippen LogP contribution in [-0.2, 0) is 18.9 Å². The molecule has 2 aliphatic heterocycles. The highest BCUT2D eigenvalue weighted by Gasteiger charge is 2.45. The van der Waals surface area contributed by atoms with E-state index in [-0.39, 0.29) is 66.3 Å².